The zero-order valence-electron chi connectivity index (χ0n) is 12.9. The number of aryl methyl sites for hydroxylation is 1. The van der Waals surface area contributed by atoms with E-state index < -0.39 is 5.41 Å². The Hall–Kier alpha value is -2.09. The molecule has 0 aliphatic heterocycles. The van der Waals surface area contributed by atoms with Gasteiger partial charge < -0.3 is 9.53 Å². The third-order valence-corrected chi connectivity index (χ3v) is 3.80. The molecule has 0 radical (unpaired) electrons. The minimum atomic E-state index is -0.541. The van der Waals surface area contributed by atoms with E-state index in [4.69, 9.17) is 4.74 Å². The molecule has 2 heteroatoms. The molecule has 0 fully saturated rings. The van der Waals surface area contributed by atoms with Crippen LogP contribution in [0.25, 0.3) is 0 Å². The van der Waals surface area contributed by atoms with Gasteiger partial charge in [-0.1, -0.05) is 48.0 Å². The van der Waals surface area contributed by atoms with Gasteiger partial charge >= 0.3 is 0 Å². The fourth-order valence-electron chi connectivity index (χ4n) is 2.49. The first-order valence-electron chi connectivity index (χ1n) is 7.33. The van der Waals surface area contributed by atoms with Crippen LogP contribution in [-0.4, -0.2) is 12.9 Å². The average Bonchev–Trinajstić information content (AvgIpc) is 2.50. The third kappa shape index (κ3) is 3.52. The van der Waals surface area contributed by atoms with Crippen LogP contribution in [0.15, 0.2) is 48.5 Å². The molecule has 0 aromatic heterocycles. The zero-order valence-corrected chi connectivity index (χ0v) is 12.9. The first-order chi connectivity index (χ1) is 10.1. The Labute approximate surface area is 126 Å². The summed E-state index contributed by atoms with van der Waals surface area (Å²) < 4.78 is 5.67. The van der Waals surface area contributed by atoms with Gasteiger partial charge in [-0.15, -0.1) is 0 Å². The summed E-state index contributed by atoms with van der Waals surface area (Å²) in [6.07, 6.45) is 1.68. The fourth-order valence-corrected chi connectivity index (χ4v) is 2.49. The van der Waals surface area contributed by atoms with Crippen molar-refractivity contribution in [2.24, 2.45) is 0 Å². The Morgan fingerprint density at radius 3 is 2.38 bits per heavy atom. The number of carbonyl (C=O) groups excluding carboxylic acids is 1. The molecule has 0 spiro atoms. The van der Waals surface area contributed by atoms with Crippen LogP contribution in [0.4, 0.5) is 0 Å². The topological polar surface area (TPSA) is 26.3 Å². The largest absolute Gasteiger partial charge is 0.494 e. The van der Waals surface area contributed by atoms with Gasteiger partial charge in [0.25, 0.3) is 0 Å². The minimum absolute atomic E-state index is 0.541. The summed E-state index contributed by atoms with van der Waals surface area (Å²) in [5.74, 6) is 0.861. The maximum Gasteiger partial charge on any atom is 0.130 e. The normalized spacial score (nSPS) is 13.5. The molecule has 0 saturated heterocycles. The summed E-state index contributed by atoms with van der Waals surface area (Å²) in [5, 5.41) is 0. The standard InChI is InChI=1S/C19H22O2/c1-4-21-18-8-6-5-7-16(18)13-19(3,14-20)17-11-9-15(2)10-12-17/h5-12,14H,4,13H2,1-3H3. The molecule has 1 unspecified atom stereocenters. The number of rotatable bonds is 6. The maximum atomic E-state index is 11.7. The van der Waals surface area contributed by atoms with Crippen LogP contribution >= 0.6 is 0 Å². The van der Waals surface area contributed by atoms with Crippen molar-refractivity contribution in [2.45, 2.75) is 32.6 Å². The van der Waals surface area contributed by atoms with Crippen molar-refractivity contribution in [1.29, 1.82) is 0 Å². The first kappa shape index (κ1) is 15.3. The molecule has 1 atom stereocenters. The van der Waals surface area contributed by atoms with Crippen LogP contribution in [0.1, 0.15) is 30.5 Å². The van der Waals surface area contributed by atoms with E-state index in [1.165, 1.54) is 5.56 Å². The summed E-state index contributed by atoms with van der Waals surface area (Å²) in [6.45, 7) is 6.62. The molecule has 2 nitrogen and oxygen atoms in total. The highest BCUT2D eigenvalue weighted by Gasteiger charge is 2.27. The van der Waals surface area contributed by atoms with Crippen LogP contribution in [0.5, 0.6) is 5.75 Å². The Morgan fingerprint density at radius 1 is 1.10 bits per heavy atom. The Kier molecular flexibility index (Phi) is 4.79. The molecule has 0 aliphatic rings. The quantitative estimate of drug-likeness (QED) is 0.746. The lowest BCUT2D eigenvalue weighted by Crippen LogP contribution is -2.27. The number of carbonyl (C=O) groups is 1. The highest BCUT2D eigenvalue weighted by Crippen LogP contribution is 2.30. The van der Waals surface area contributed by atoms with Crippen molar-refractivity contribution in [3.8, 4) is 5.75 Å². The van der Waals surface area contributed by atoms with E-state index in [0.717, 1.165) is 23.2 Å². The first-order valence-corrected chi connectivity index (χ1v) is 7.33. The molecule has 0 heterocycles. The molecule has 2 rings (SSSR count). The van der Waals surface area contributed by atoms with Crippen molar-refractivity contribution >= 4 is 6.29 Å². The van der Waals surface area contributed by atoms with Crippen molar-refractivity contribution in [1.82, 2.24) is 0 Å². The number of hydrogen-bond acceptors (Lipinski definition) is 2. The summed E-state index contributed by atoms with van der Waals surface area (Å²) in [4.78, 5) is 11.7. The SMILES string of the molecule is CCOc1ccccc1CC(C)(C=O)c1ccc(C)cc1. The maximum absolute atomic E-state index is 11.7. The van der Waals surface area contributed by atoms with E-state index in [-0.39, 0.29) is 0 Å². The molecule has 2 aromatic rings. The monoisotopic (exact) mass is 282 g/mol. The highest BCUT2D eigenvalue weighted by atomic mass is 16.5. The molecule has 0 saturated carbocycles. The Balaban J connectivity index is 2.34. The average molecular weight is 282 g/mol. The van der Waals surface area contributed by atoms with Gasteiger partial charge in [0.05, 0.1) is 12.0 Å². The molecular weight excluding hydrogens is 260 g/mol. The van der Waals surface area contributed by atoms with Gasteiger partial charge in [0.15, 0.2) is 0 Å². The fraction of sp³-hybridized carbons (Fsp3) is 0.316. The molecule has 2 aromatic carbocycles. The van der Waals surface area contributed by atoms with Gasteiger partial charge in [-0.05, 0) is 44.4 Å². The molecule has 0 amide bonds. The third-order valence-electron chi connectivity index (χ3n) is 3.80. The van der Waals surface area contributed by atoms with E-state index in [1.807, 2.05) is 69.3 Å². The lowest BCUT2D eigenvalue weighted by Gasteiger charge is -2.25. The van der Waals surface area contributed by atoms with Gasteiger partial charge in [0, 0.05) is 0 Å². The number of benzene rings is 2. The smallest absolute Gasteiger partial charge is 0.130 e. The van der Waals surface area contributed by atoms with Crippen LogP contribution in [0.3, 0.4) is 0 Å². The van der Waals surface area contributed by atoms with Crippen molar-refractivity contribution in [3.63, 3.8) is 0 Å². The van der Waals surface area contributed by atoms with E-state index in [2.05, 4.69) is 0 Å². The second-order valence-electron chi connectivity index (χ2n) is 5.62. The number of aldehydes is 1. The van der Waals surface area contributed by atoms with Gasteiger partial charge in [0.2, 0.25) is 0 Å². The lowest BCUT2D eigenvalue weighted by atomic mass is 9.78. The molecule has 21 heavy (non-hydrogen) atoms. The van der Waals surface area contributed by atoms with Gasteiger partial charge in [-0.3, -0.25) is 0 Å². The summed E-state index contributed by atoms with van der Waals surface area (Å²) in [7, 11) is 0. The van der Waals surface area contributed by atoms with Gasteiger partial charge in [-0.25, -0.2) is 0 Å². The van der Waals surface area contributed by atoms with Gasteiger partial charge in [0.1, 0.15) is 12.0 Å². The molecule has 0 N–H and O–H groups in total. The van der Waals surface area contributed by atoms with E-state index in [0.29, 0.717) is 13.0 Å². The second kappa shape index (κ2) is 6.57. The minimum Gasteiger partial charge on any atom is -0.494 e. The van der Waals surface area contributed by atoms with Crippen molar-refractivity contribution in [3.05, 3.63) is 65.2 Å². The molecule has 110 valence electrons. The van der Waals surface area contributed by atoms with Crippen LogP contribution in [-0.2, 0) is 16.6 Å². The predicted octanol–water partition coefficient (Wildman–Crippen LogP) is 4.09. The summed E-state index contributed by atoms with van der Waals surface area (Å²) in [6, 6.07) is 16.1. The van der Waals surface area contributed by atoms with Crippen LogP contribution in [0, 0.1) is 6.92 Å². The van der Waals surface area contributed by atoms with Gasteiger partial charge in [-0.2, -0.15) is 0 Å². The summed E-state index contributed by atoms with van der Waals surface area (Å²) in [5.41, 5.74) is 2.76. The van der Waals surface area contributed by atoms with Crippen LogP contribution < -0.4 is 4.74 Å². The predicted molar refractivity (Wildman–Crippen MR) is 85.9 cm³/mol. The number of ether oxygens (including phenoxy) is 1. The highest BCUT2D eigenvalue weighted by molar-refractivity contribution is 5.69. The van der Waals surface area contributed by atoms with E-state index >= 15 is 0 Å². The number of hydrogen-bond donors (Lipinski definition) is 0. The molecular formula is C19H22O2. The van der Waals surface area contributed by atoms with Crippen molar-refractivity contribution in [2.75, 3.05) is 6.61 Å². The van der Waals surface area contributed by atoms with Crippen molar-refractivity contribution < 1.29 is 9.53 Å². The lowest BCUT2D eigenvalue weighted by molar-refractivity contribution is -0.112. The second-order valence-corrected chi connectivity index (χ2v) is 5.62. The van der Waals surface area contributed by atoms with E-state index in [9.17, 15) is 4.79 Å². The Bertz CT molecular complexity index is 601. The zero-order chi connectivity index (χ0) is 15.3. The Morgan fingerprint density at radius 2 is 1.76 bits per heavy atom. The van der Waals surface area contributed by atoms with E-state index in [1.54, 1.807) is 0 Å². The van der Waals surface area contributed by atoms with Crippen LogP contribution in [0.2, 0.25) is 0 Å². The molecule has 0 bridgehead atoms. The number of para-hydroxylation sites is 1. The summed E-state index contributed by atoms with van der Waals surface area (Å²) >= 11 is 0. The molecule has 0 aliphatic carbocycles.